The van der Waals surface area contributed by atoms with Gasteiger partial charge in [-0.15, -0.1) is 0 Å². The molecule has 0 radical (unpaired) electrons. The first-order valence-electron chi connectivity index (χ1n) is 12.8. The van der Waals surface area contributed by atoms with E-state index in [1.807, 2.05) is 24.3 Å². The summed E-state index contributed by atoms with van der Waals surface area (Å²) in [4.78, 5) is 54.4. The predicted octanol–water partition coefficient (Wildman–Crippen LogP) is 5.10. The lowest BCUT2D eigenvalue weighted by Gasteiger charge is -2.17. The van der Waals surface area contributed by atoms with E-state index in [4.69, 9.17) is 0 Å². The van der Waals surface area contributed by atoms with Gasteiger partial charge in [-0.3, -0.25) is 14.4 Å². The molecule has 9 heteroatoms. The minimum absolute atomic E-state index is 0.0636. The normalized spacial score (nSPS) is 11.4. The molecule has 1 atom stereocenters. The van der Waals surface area contributed by atoms with Crippen molar-refractivity contribution >= 4 is 46.0 Å². The molecule has 0 bridgehead atoms. The number of nitrogens with one attached hydrogen (secondary N) is 4. The molecule has 1 heterocycles. The third-order valence-electron chi connectivity index (χ3n) is 6.58. The van der Waals surface area contributed by atoms with Gasteiger partial charge >= 0.3 is 5.97 Å². The lowest BCUT2D eigenvalue weighted by Crippen LogP contribution is -2.42. The molecule has 0 aliphatic carbocycles. The van der Waals surface area contributed by atoms with Crippen LogP contribution in [0.1, 0.15) is 36.6 Å². The van der Waals surface area contributed by atoms with Gasteiger partial charge in [-0.2, -0.15) is 0 Å². The zero-order chi connectivity index (χ0) is 28.8. The van der Waals surface area contributed by atoms with E-state index < -0.39 is 23.8 Å². The van der Waals surface area contributed by atoms with Crippen LogP contribution in [-0.2, 0) is 11.2 Å². The number of aromatic nitrogens is 1. The van der Waals surface area contributed by atoms with Crippen LogP contribution in [0.3, 0.4) is 0 Å². The third-order valence-corrected chi connectivity index (χ3v) is 6.58. The van der Waals surface area contributed by atoms with Crippen molar-refractivity contribution in [1.82, 2.24) is 10.3 Å². The van der Waals surface area contributed by atoms with Crippen LogP contribution in [0.25, 0.3) is 10.9 Å². The second-order valence-electron chi connectivity index (χ2n) is 9.29. The van der Waals surface area contributed by atoms with E-state index in [-0.39, 0.29) is 29.1 Å². The Morgan fingerprint density at radius 1 is 0.659 bits per heavy atom. The Morgan fingerprint density at radius 2 is 1.22 bits per heavy atom. The standard InChI is InChI=1S/C32H26N4O5/c37-29(20-10-2-1-3-11-20)34-26-16-8-5-13-23(26)30(38)35-27-17-9-6-14-24(27)31(39)36-28(32(40)41)18-21-19-33-25-15-7-4-12-22(21)25/h1-17,19,28,33H,18H2,(H,34,37)(H,35,38)(H,36,39)(H,40,41)/t28-/m1/s1. The number of hydrogen-bond donors (Lipinski definition) is 5. The van der Waals surface area contributed by atoms with Crippen molar-refractivity contribution in [3.05, 3.63) is 132 Å². The van der Waals surface area contributed by atoms with Gasteiger partial charge in [0.2, 0.25) is 0 Å². The zero-order valence-electron chi connectivity index (χ0n) is 21.8. The first kappa shape index (κ1) is 26.9. The fourth-order valence-corrected chi connectivity index (χ4v) is 4.51. The number of para-hydroxylation sites is 3. The average Bonchev–Trinajstić information content (AvgIpc) is 3.40. The summed E-state index contributed by atoms with van der Waals surface area (Å²) in [6, 6.07) is 27.7. The van der Waals surface area contributed by atoms with Crippen LogP contribution in [0, 0.1) is 0 Å². The number of aromatic amines is 1. The van der Waals surface area contributed by atoms with E-state index >= 15 is 0 Å². The number of amides is 3. The van der Waals surface area contributed by atoms with Gasteiger partial charge in [0.25, 0.3) is 17.7 Å². The SMILES string of the molecule is O=C(Nc1ccccc1C(=O)Nc1ccccc1C(=O)N[C@H](Cc1c[nH]c2ccccc12)C(=O)O)c1ccccc1. The fraction of sp³-hybridized carbons (Fsp3) is 0.0625. The maximum atomic E-state index is 13.3. The molecule has 0 aliphatic heterocycles. The van der Waals surface area contributed by atoms with Crippen molar-refractivity contribution in [2.24, 2.45) is 0 Å². The zero-order valence-corrected chi connectivity index (χ0v) is 21.8. The Bertz CT molecular complexity index is 1750. The number of carbonyl (C=O) groups is 4. The van der Waals surface area contributed by atoms with Crippen LogP contribution in [0.2, 0.25) is 0 Å². The van der Waals surface area contributed by atoms with E-state index in [1.165, 1.54) is 6.07 Å². The molecular formula is C32H26N4O5. The van der Waals surface area contributed by atoms with Crippen molar-refractivity contribution in [1.29, 1.82) is 0 Å². The molecule has 4 aromatic carbocycles. The Labute approximate surface area is 235 Å². The third kappa shape index (κ3) is 6.15. The van der Waals surface area contributed by atoms with E-state index in [9.17, 15) is 24.3 Å². The summed E-state index contributed by atoms with van der Waals surface area (Å²) in [6.07, 6.45) is 1.79. The summed E-state index contributed by atoms with van der Waals surface area (Å²) in [5, 5.41) is 18.8. The number of fused-ring (bicyclic) bond motifs is 1. The highest BCUT2D eigenvalue weighted by molar-refractivity contribution is 6.14. The number of carbonyl (C=O) groups excluding carboxylic acids is 3. The molecule has 41 heavy (non-hydrogen) atoms. The van der Waals surface area contributed by atoms with Crippen molar-refractivity contribution in [2.75, 3.05) is 10.6 Å². The lowest BCUT2D eigenvalue weighted by molar-refractivity contribution is -0.139. The summed E-state index contributed by atoms with van der Waals surface area (Å²) in [7, 11) is 0. The minimum atomic E-state index is -1.21. The van der Waals surface area contributed by atoms with Gasteiger partial charge < -0.3 is 26.0 Å². The van der Waals surface area contributed by atoms with Gasteiger partial charge in [-0.1, -0.05) is 60.7 Å². The summed E-state index contributed by atoms with van der Waals surface area (Å²) in [5.74, 6) is -2.77. The minimum Gasteiger partial charge on any atom is -0.480 e. The van der Waals surface area contributed by atoms with Crippen LogP contribution in [0.5, 0.6) is 0 Å². The van der Waals surface area contributed by atoms with E-state index in [1.54, 1.807) is 79.0 Å². The lowest BCUT2D eigenvalue weighted by atomic mass is 10.0. The molecule has 0 spiro atoms. The number of hydrogen-bond acceptors (Lipinski definition) is 4. The largest absolute Gasteiger partial charge is 0.480 e. The van der Waals surface area contributed by atoms with Crippen molar-refractivity contribution in [3.8, 4) is 0 Å². The Kier molecular flexibility index (Phi) is 7.87. The van der Waals surface area contributed by atoms with Crippen LogP contribution < -0.4 is 16.0 Å². The van der Waals surface area contributed by atoms with Crippen LogP contribution in [-0.4, -0.2) is 39.8 Å². The Hall–Kier alpha value is -5.70. The van der Waals surface area contributed by atoms with Gasteiger partial charge in [0.1, 0.15) is 6.04 Å². The van der Waals surface area contributed by atoms with Gasteiger partial charge in [-0.05, 0) is 48.0 Å². The summed E-state index contributed by atoms with van der Waals surface area (Å²) < 4.78 is 0. The first-order chi connectivity index (χ1) is 19.9. The van der Waals surface area contributed by atoms with Crippen molar-refractivity contribution in [3.63, 3.8) is 0 Å². The number of rotatable bonds is 9. The van der Waals surface area contributed by atoms with Gasteiger partial charge in [-0.25, -0.2) is 4.79 Å². The quantitative estimate of drug-likeness (QED) is 0.175. The van der Waals surface area contributed by atoms with Crippen LogP contribution >= 0.6 is 0 Å². The van der Waals surface area contributed by atoms with Gasteiger partial charge in [0, 0.05) is 29.1 Å². The number of anilines is 2. The number of benzene rings is 4. The van der Waals surface area contributed by atoms with Crippen molar-refractivity contribution in [2.45, 2.75) is 12.5 Å². The topological polar surface area (TPSA) is 140 Å². The number of carboxylic acids is 1. The molecule has 204 valence electrons. The van der Waals surface area contributed by atoms with Gasteiger partial charge in [0.15, 0.2) is 0 Å². The molecule has 0 aliphatic rings. The van der Waals surface area contributed by atoms with E-state index in [0.29, 0.717) is 11.3 Å². The molecule has 9 nitrogen and oxygen atoms in total. The highest BCUT2D eigenvalue weighted by Gasteiger charge is 2.24. The van der Waals surface area contributed by atoms with Crippen LogP contribution in [0.15, 0.2) is 109 Å². The molecule has 0 saturated carbocycles. The van der Waals surface area contributed by atoms with E-state index in [2.05, 4.69) is 20.9 Å². The number of carboxylic acid groups (broad SMARTS) is 1. The molecular weight excluding hydrogens is 520 g/mol. The summed E-state index contributed by atoms with van der Waals surface area (Å²) in [6.45, 7) is 0. The maximum absolute atomic E-state index is 13.3. The second kappa shape index (κ2) is 12.0. The fourth-order valence-electron chi connectivity index (χ4n) is 4.51. The highest BCUT2D eigenvalue weighted by Crippen LogP contribution is 2.22. The Morgan fingerprint density at radius 3 is 1.90 bits per heavy atom. The molecule has 0 fully saturated rings. The summed E-state index contributed by atoms with van der Waals surface area (Å²) >= 11 is 0. The molecule has 1 aromatic heterocycles. The molecule has 5 rings (SSSR count). The van der Waals surface area contributed by atoms with Crippen LogP contribution in [0.4, 0.5) is 11.4 Å². The molecule has 5 aromatic rings. The molecule has 5 N–H and O–H groups in total. The van der Waals surface area contributed by atoms with E-state index in [0.717, 1.165) is 16.5 Å². The maximum Gasteiger partial charge on any atom is 0.326 e. The first-order valence-corrected chi connectivity index (χ1v) is 12.8. The smallest absolute Gasteiger partial charge is 0.326 e. The number of aliphatic carboxylic acids is 1. The average molecular weight is 547 g/mol. The molecule has 0 unspecified atom stereocenters. The summed E-state index contributed by atoms with van der Waals surface area (Å²) in [5.41, 5.74) is 2.83. The molecule has 0 saturated heterocycles. The monoisotopic (exact) mass is 546 g/mol. The second-order valence-corrected chi connectivity index (χ2v) is 9.29. The van der Waals surface area contributed by atoms with Crippen molar-refractivity contribution < 1.29 is 24.3 Å². The van der Waals surface area contributed by atoms with Gasteiger partial charge in [0.05, 0.1) is 22.5 Å². The Balaban J connectivity index is 1.33. The predicted molar refractivity (Wildman–Crippen MR) is 156 cm³/mol. The highest BCUT2D eigenvalue weighted by atomic mass is 16.4. The molecule has 3 amide bonds. The number of H-pyrrole nitrogens is 1.